The minimum absolute atomic E-state index is 0.0965. The minimum Gasteiger partial charge on any atom is -0.481 e. The zero-order valence-corrected chi connectivity index (χ0v) is 14.4. The summed E-state index contributed by atoms with van der Waals surface area (Å²) in [7, 11) is 1.56. The molecule has 1 aromatic heterocycles. The Morgan fingerprint density at radius 1 is 1.24 bits per heavy atom. The number of fused-ring (bicyclic) bond motifs is 1. The predicted molar refractivity (Wildman–Crippen MR) is 92.8 cm³/mol. The van der Waals surface area contributed by atoms with Crippen molar-refractivity contribution >= 4 is 11.8 Å². The SMILES string of the molecule is COc1ccc(CNC(=O)[C@@H]2Cc3ccccc3CN2C(C)=O)cn1. The summed E-state index contributed by atoms with van der Waals surface area (Å²) in [6, 6.07) is 11.0. The highest BCUT2D eigenvalue weighted by Gasteiger charge is 2.32. The third kappa shape index (κ3) is 3.79. The van der Waals surface area contributed by atoms with Crippen molar-refractivity contribution in [1.82, 2.24) is 15.2 Å². The van der Waals surface area contributed by atoms with Crippen molar-refractivity contribution in [3.63, 3.8) is 0 Å². The Morgan fingerprint density at radius 2 is 2.00 bits per heavy atom. The predicted octanol–water partition coefficient (Wildman–Crippen LogP) is 1.68. The van der Waals surface area contributed by atoms with Gasteiger partial charge in [-0.05, 0) is 16.7 Å². The summed E-state index contributed by atoms with van der Waals surface area (Å²) in [5, 5.41) is 2.91. The number of methoxy groups -OCH3 is 1. The van der Waals surface area contributed by atoms with Gasteiger partial charge >= 0.3 is 0 Å². The van der Waals surface area contributed by atoms with Gasteiger partial charge in [-0.3, -0.25) is 9.59 Å². The number of nitrogens with one attached hydrogen (secondary N) is 1. The van der Waals surface area contributed by atoms with Gasteiger partial charge in [0.05, 0.1) is 7.11 Å². The number of rotatable bonds is 4. The highest BCUT2D eigenvalue weighted by Crippen LogP contribution is 2.23. The van der Waals surface area contributed by atoms with E-state index in [9.17, 15) is 9.59 Å². The number of carbonyl (C=O) groups is 2. The van der Waals surface area contributed by atoms with Crippen LogP contribution in [0, 0.1) is 0 Å². The molecule has 1 aromatic carbocycles. The third-order valence-electron chi connectivity index (χ3n) is 4.43. The zero-order valence-electron chi connectivity index (χ0n) is 14.4. The fourth-order valence-corrected chi connectivity index (χ4v) is 3.03. The van der Waals surface area contributed by atoms with Crippen LogP contribution in [0.4, 0.5) is 0 Å². The van der Waals surface area contributed by atoms with E-state index >= 15 is 0 Å². The second kappa shape index (κ2) is 7.34. The molecular formula is C19H21N3O3. The Hall–Kier alpha value is -2.89. The normalized spacial score (nSPS) is 16.1. The second-order valence-electron chi connectivity index (χ2n) is 6.06. The topological polar surface area (TPSA) is 71.5 Å². The lowest BCUT2D eigenvalue weighted by Crippen LogP contribution is -2.51. The lowest BCUT2D eigenvalue weighted by Gasteiger charge is -2.35. The van der Waals surface area contributed by atoms with Crippen LogP contribution < -0.4 is 10.1 Å². The van der Waals surface area contributed by atoms with Gasteiger partial charge in [-0.1, -0.05) is 30.3 Å². The summed E-state index contributed by atoms with van der Waals surface area (Å²) in [6.45, 7) is 2.33. The van der Waals surface area contributed by atoms with Crippen LogP contribution in [0.15, 0.2) is 42.6 Å². The summed E-state index contributed by atoms with van der Waals surface area (Å²) in [5.74, 6) is 0.281. The van der Waals surface area contributed by atoms with Crippen LogP contribution >= 0.6 is 0 Å². The monoisotopic (exact) mass is 339 g/mol. The molecule has 2 amide bonds. The van der Waals surface area contributed by atoms with E-state index in [4.69, 9.17) is 4.74 Å². The first-order valence-corrected chi connectivity index (χ1v) is 8.19. The van der Waals surface area contributed by atoms with Crippen LogP contribution in [0.3, 0.4) is 0 Å². The molecular weight excluding hydrogens is 318 g/mol. The summed E-state index contributed by atoms with van der Waals surface area (Å²) < 4.78 is 5.02. The van der Waals surface area contributed by atoms with Crippen molar-refractivity contribution in [2.75, 3.05) is 7.11 Å². The van der Waals surface area contributed by atoms with E-state index in [-0.39, 0.29) is 11.8 Å². The van der Waals surface area contributed by atoms with E-state index in [1.807, 2.05) is 30.3 Å². The maximum Gasteiger partial charge on any atom is 0.243 e. The fraction of sp³-hybridized carbons (Fsp3) is 0.316. The molecule has 0 unspecified atom stereocenters. The molecule has 1 aliphatic heterocycles. The van der Waals surface area contributed by atoms with E-state index in [1.54, 1.807) is 24.3 Å². The van der Waals surface area contributed by atoms with E-state index in [0.717, 1.165) is 16.7 Å². The van der Waals surface area contributed by atoms with Crippen LogP contribution in [0.5, 0.6) is 5.88 Å². The average Bonchev–Trinajstić information content (AvgIpc) is 2.65. The Morgan fingerprint density at radius 3 is 2.64 bits per heavy atom. The molecule has 0 aliphatic carbocycles. The molecule has 25 heavy (non-hydrogen) atoms. The van der Waals surface area contributed by atoms with E-state index in [0.29, 0.717) is 25.4 Å². The number of ether oxygens (including phenoxy) is 1. The molecule has 1 N–H and O–H groups in total. The molecule has 0 radical (unpaired) electrons. The first kappa shape index (κ1) is 17.0. The molecule has 0 fully saturated rings. The molecule has 3 rings (SSSR count). The van der Waals surface area contributed by atoms with Gasteiger partial charge in [-0.2, -0.15) is 0 Å². The summed E-state index contributed by atoms with van der Waals surface area (Å²) in [4.78, 5) is 30.4. The average molecular weight is 339 g/mol. The number of pyridine rings is 1. The van der Waals surface area contributed by atoms with Crippen molar-refractivity contribution in [2.24, 2.45) is 0 Å². The van der Waals surface area contributed by atoms with Crippen LogP contribution in [0.2, 0.25) is 0 Å². The van der Waals surface area contributed by atoms with Crippen molar-refractivity contribution < 1.29 is 14.3 Å². The summed E-state index contributed by atoms with van der Waals surface area (Å²) in [6.07, 6.45) is 2.19. The van der Waals surface area contributed by atoms with Crippen molar-refractivity contribution in [2.45, 2.75) is 32.5 Å². The van der Waals surface area contributed by atoms with Crippen LogP contribution in [-0.4, -0.2) is 34.8 Å². The number of amides is 2. The van der Waals surface area contributed by atoms with Gasteiger partial charge in [0.25, 0.3) is 0 Å². The van der Waals surface area contributed by atoms with Gasteiger partial charge in [0.1, 0.15) is 6.04 Å². The number of hydrogen-bond acceptors (Lipinski definition) is 4. The molecule has 6 heteroatoms. The quantitative estimate of drug-likeness (QED) is 0.920. The minimum atomic E-state index is -0.487. The van der Waals surface area contributed by atoms with Crippen LogP contribution in [0.25, 0.3) is 0 Å². The molecule has 6 nitrogen and oxygen atoms in total. The number of benzene rings is 1. The Balaban J connectivity index is 1.70. The molecule has 1 atom stereocenters. The highest BCUT2D eigenvalue weighted by atomic mass is 16.5. The number of carbonyl (C=O) groups excluding carboxylic acids is 2. The molecule has 0 saturated heterocycles. The van der Waals surface area contributed by atoms with Gasteiger partial charge in [0.2, 0.25) is 17.7 Å². The summed E-state index contributed by atoms with van der Waals surface area (Å²) in [5.41, 5.74) is 3.09. The van der Waals surface area contributed by atoms with E-state index < -0.39 is 6.04 Å². The standard InChI is InChI=1S/C19H21N3O3/c1-13(23)22-12-16-6-4-3-5-15(16)9-17(22)19(24)21-11-14-7-8-18(25-2)20-10-14/h3-8,10,17H,9,11-12H2,1-2H3,(H,21,24)/t17-/m0/s1. The zero-order chi connectivity index (χ0) is 17.8. The maximum absolute atomic E-state index is 12.7. The second-order valence-corrected chi connectivity index (χ2v) is 6.06. The lowest BCUT2D eigenvalue weighted by molar-refractivity contribution is -0.140. The molecule has 0 spiro atoms. The first-order valence-electron chi connectivity index (χ1n) is 8.19. The number of aromatic nitrogens is 1. The molecule has 2 aromatic rings. The molecule has 0 saturated carbocycles. The Labute approximate surface area is 146 Å². The van der Waals surface area contributed by atoms with Crippen molar-refractivity contribution in [1.29, 1.82) is 0 Å². The van der Waals surface area contributed by atoms with Gasteiger partial charge in [0, 0.05) is 38.7 Å². The Kier molecular flexibility index (Phi) is 4.97. The van der Waals surface area contributed by atoms with E-state index in [2.05, 4.69) is 10.3 Å². The van der Waals surface area contributed by atoms with Gasteiger partial charge in [0.15, 0.2) is 0 Å². The number of nitrogens with zero attached hydrogens (tertiary/aromatic N) is 2. The molecule has 1 aliphatic rings. The van der Waals surface area contributed by atoms with Gasteiger partial charge in [-0.25, -0.2) is 4.98 Å². The van der Waals surface area contributed by atoms with Crippen molar-refractivity contribution in [3.8, 4) is 5.88 Å². The van der Waals surface area contributed by atoms with E-state index in [1.165, 1.54) is 6.92 Å². The van der Waals surface area contributed by atoms with Gasteiger partial charge < -0.3 is 15.0 Å². The van der Waals surface area contributed by atoms with Crippen LogP contribution in [-0.2, 0) is 29.1 Å². The van der Waals surface area contributed by atoms with Crippen LogP contribution in [0.1, 0.15) is 23.6 Å². The Bertz CT molecular complexity index is 774. The first-order chi connectivity index (χ1) is 12.1. The summed E-state index contributed by atoms with van der Waals surface area (Å²) >= 11 is 0. The number of hydrogen-bond donors (Lipinski definition) is 1. The largest absolute Gasteiger partial charge is 0.481 e. The lowest BCUT2D eigenvalue weighted by atomic mass is 9.93. The molecule has 0 bridgehead atoms. The smallest absolute Gasteiger partial charge is 0.243 e. The maximum atomic E-state index is 12.7. The molecule has 130 valence electrons. The third-order valence-corrected chi connectivity index (χ3v) is 4.43. The highest BCUT2D eigenvalue weighted by molar-refractivity contribution is 5.87. The fourth-order valence-electron chi connectivity index (χ4n) is 3.03. The van der Waals surface area contributed by atoms with Gasteiger partial charge in [-0.15, -0.1) is 0 Å². The van der Waals surface area contributed by atoms with Crippen molar-refractivity contribution in [3.05, 3.63) is 59.3 Å². The molecule has 2 heterocycles.